The molecule has 0 heterocycles. The zero-order valence-corrected chi connectivity index (χ0v) is 64.8. The molecule has 12 unspecified atom stereocenters. The first kappa shape index (κ1) is 85.3. The number of ether oxygens (including phenoxy) is 3. The lowest BCUT2D eigenvalue weighted by atomic mass is 9.82. The zero-order valence-electron chi connectivity index (χ0n) is 64.0. The fourth-order valence-electron chi connectivity index (χ4n) is 14.4. The van der Waals surface area contributed by atoms with E-state index in [1.54, 1.807) is 44.2 Å². The van der Waals surface area contributed by atoms with E-state index in [1.807, 2.05) is 85.1 Å². The number of Topliss-reactive ketones (excluding diaryl/α,β-unsaturated/α-hetero) is 7. The maximum absolute atomic E-state index is 14.6. The molecule has 558 valence electrons. The number of carbonyl (C=O) groups excluding carboxylic acids is 8. The predicted molar refractivity (Wildman–Crippen MR) is 412 cm³/mol. The molecule has 1 fully saturated rings. The third-order valence-corrected chi connectivity index (χ3v) is 22.6. The van der Waals surface area contributed by atoms with Gasteiger partial charge in [0.25, 0.3) is 0 Å². The van der Waals surface area contributed by atoms with Gasteiger partial charge in [0.05, 0.1) is 44.1 Å². The smallest absolute Gasteiger partial charge is 0.241 e. The van der Waals surface area contributed by atoms with Crippen LogP contribution >= 0.6 is 11.8 Å². The molecule has 5 rings (SSSR count). The number of ketones is 7. The minimum absolute atomic E-state index is 0.0326. The number of carbonyl (C=O) groups is 8. The molecule has 12 atom stereocenters. The van der Waals surface area contributed by atoms with Crippen molar-refractivity contribution in [2.75, 3.05) is 46.0 Å². The number of methoxy groups -OCH3 is 3. The molecule has 0 aromatic heterocycles. The molecule has 1 saturated carbocycles. The number of nitrogens with two attached hydrogens (primary N) is 3. The summed E-state index contributed by atoms with van der Waals surface area (Å²) in [6.45, 7) is 21.2. The second-order valence-corrected chi connectivity index (χ2v) is 30.4. The van der Waals surface area contributed by atoms with Crippen LogP contribution in [0.5, 0.6) is 17.2 Å². The summed E-state index contributed by atoms with van der Waals surface area (Å²) in [5.74, 6) is 0.216. The summed E-state index contributed by atoms with van der Waals surface area (Å²) < 4.78 is 17.1. The molecule has 1 amide bonds. The van der Waals surface area contributed by atoms with Crippen LogP contribution in [0.3, 0.4) is 0 Å². The van der Waals surface area contributed by atoms with Gasteiger partial charge in [-0.05, 0) is 223 Å². The van der Waals surface area contributed by atoms with Crippen LogP contribution in [-0.2, 0) is 19.2 Å². The molecule has 4 aromatic rings. The van der Waals surface area contributed by atoms with E-state index in [-0.39, 0.29) is 106 Å². The molecule has 0 aliphatic heterocycles. The molecule has 0 spiro atoms. The van der Waals surface area contributed by atoms with Crippen LogP contribution in [0.25, 0.3) is 0 Å². The molecule has 101 heavy (non-hydrogen) atoms. The van der Waals surface area contributed by atoms with Gasteiger partial charge < -0.3 is 36.7 Å². The molecular formula is C85H126N4O11S. The Balaban J connectivity index is 1.18. The van der Waals surface area contributed by atoms with Crippen molar-refractivity contribution in [3.05, 3.63) is 111 Å². The van der Waals surface area contributed by atoms with E-state index in [0.717, 1.165) is 97.8 Å². The van der Waals surface area contributed by atoms with Crippen LogP contribution in [0.15, 0.2) is 71.6 Å². The lowest BCUT2D eigenvalue weighted by Gasteiger charge is -2.22. The topological polar surface area (TPSA) is 254 Å². The second kappa shape index (κ2) is 43.7. The summed E-state index contributed by atoms with van der Waals surface area (Å²) in [5, 5.41) is 2.87. The summed E-state index contributed by atoms with van der Waals surface area (Å²) in [4.78, 5) is 113. The van der Waals surface area contributed by atoms with Crippen molar-refractivity contribution in [1.82, 2.24) is 0 Å². The van der Waals surface area contributed by atoms with Crippen molar-refractivity contribution in [3.63, 3.8) is 0 Å². The van der Waals surface area contributed by atoms with Crippen molar-refractivity contribution in [1.29, 1.82) is 0 Å². The first-order valence-corrected chi connectivity index (χ1v) is 39.5. The van der Waals surface area contributed by atoms with Gasteiger partial charge in [-0.25, -0.2) is 0 Å². The Morgan fingerprint density at radius 2 is 0.990 bits per heavy atom. The number of rotatable bonds is 52. The van der Waals surface area contributed by atoms with Gasteiger partial charge in [-0.3, -0.25) is 38.4 Å². The highest BCUT2D eigenvalue weighted by Gasteiger charge is 2.41. The molecule has 0 bridgehead atoms. The van der Waals surface area contributed by atoms with E-state index in [4.69, 9.17) is 31.4 Å². The highest BCUT2D eigenvalue weighted by molar-refractivity contribution is 7.98. The predicted octanol–water partition coefficient (Wildman–Crippen LogP) is 18.6. The van der Waals surface area contributed by atoms with Gasteiger partial charge in [-0.2, -0.15) is 0 Å². The van der Waals surface area contributed by atoms with E-state index in [9.17, 15) is 38.4 Å². The van der Waals surface area contributed by atoms with Crippen LogP contribution < -0.4 is 36.7 Å². The largest absolute Gasteiger partial charge is 0.496 e. The molecule has 15 nitrogen and oxygen atoms in total. The fourth-order valence-corrected chi connectivity index (χ4v) is 14.9. The molecule has 0 radical (unpaired) electrons. The van der Waals surface area contributed by atoms with Crippen LogP contribution in [-0.4, -0.2) is 93.1 Å². The number of hydrogen-bond acceptors (Lipinski definition) is 15. The Kier molecular flexibility index (Phi) is 36.9. The third-order valence-electron chi connectivity index (χ3n) is 21.8. The van der Waals surface area contributed by atoms with Crippen LogP contribution in [0.4, 0.5) is 5.69 Å². The first-order valence-electron chi connectivity index (χ1n) is 38.3. The summed E-state index contributed by atoms with van der Waals surface area (Å²) in [6, 6.07) is 20.4. The number of aryl methyl sites for hydroxylation is 1. The van der Waals surface area contributed by atoms with E-state index in [1.165, 1.54) is 7.11 Å². The standard InChI is InChI=1S/C85H126N4O11S/c1-15-18-24-60(74(90)40-32-55(6)65-46-59(10)84(100-13)72(49-65)83(96)58(9)29-34-61(25-20-22-44-86)75(91)39-31-54(5)63-36-41-77(98-11)69(47-63)80(93)53(4)17-3)33-28-57(8)82(95)71-48-64(37-43-79(71)101-14)68-50-66(68)51-76(92)62(26-21-23-45-87)35-30-56(7)81(94)70-52-67(38-42-78(70)99-12)89-85(97)73(88)27-19-16-2/h36-38,41-43,46-49,52-58,60-62,66,68,73H,15-35,39-40,44-45,50-51,86-88H2,1-14H3,(H,89,97). The van der Waals surface area contributed by atoms with Gasteiger partial charge in [0, 0.05) is 76.8 Å². The van der Waals surface area contributed by atoms with Crippen LogP contribution in [0, 0.1) is 54.3 Å². The molecule has 16 heteroatoms. The average molecular weight is 1410 g/mol. The monoisotopic (exact) mass is 1410 g/mol. The number of amides is 1. The zero-order chi connectivity index (χ0) is 74.5. The van der Waals surface area contributed by atoms with Gasteiger partial charge in [0.1, 0.15) is 34.6 Å². The second-order valence-electron chi connectivity index (χ2n) is 29.6. The molecule has 1 aliphatic rings. The van der Waals surface area contributed by atoms with Crippen molar-refractivity contribution < 1.29 is 52.6 Å². The summed E-state index contributed by atoms with van der Waals surface area (Å²) in [5.41, 5.74) is 24.5. The molecule has 4 aromatic carbocycles. The summed E-state index contributed by atoms with van der Waals surface area (Å²) in [6.07, 6.45) is 19.0. The Morgan fingerprint density at radius 1 is 0.505 bits per heavy atom. The van der Waals surface area contributed by atoms with Crippen LogP contribution in [0.2, 0.25) is 0 Å². The van der Waals surface area contributed by atoms with Crippen molar-refractivity contribution in [2.24, 2.45) is 64.5 Å². The Morgan fingerprint density at radius 3 is 1.51 bits per heavy atom. The maximum atomic E-state index is 14.6. The Bertz CT molecular complexity index is 3360. The summed E-state index contributed by atoms with van der Waals surface area (Å²) in [7, 11) is 4.68. The lowest BCUT2D eigenvalue weighted by Crippen LogP contribution is -2.35. The van der Waals surface area contributed by atoms with Crippen molar-refractivity contribution in [2.45, 2.75) is 258 Å². The minimum Gasteiger partial charge on any atom is -0.496 e. The van der Waals surface area contributed by atoms with E-state index in [0.29, 0.717) is 148 Å². The minimum atomic E-state index is -0.653. The highest BCUT2D eigenvalue weighted by Crippen LogP contribution is 2.51. The van der Waals surface area contributed by atoms with Gasteiger partial charge in [0.15, 0.2) is 23.1 Å². The number of nitrogens with one attached hydrogen (secondary N) is 1. The molecule has 0 saturated heterocycles. The fraction of sp³-hybridized carbons (Fsp3) is 0.624. The van der Waals surface area contributed by atoms with Gasteiger partial charge in [-0.15, -0.1) is 11.8 Å². The van der Waals surface area contributed by atoms with Gasteiger partial charge in [0.2, 0.25) is 5.91 Å². The SMILES string of the molecule is CCCCC(N)C(=O)Nc1ccc(OC)c(C(=O)C(C)CCC(CCCCN)C(=O)CC2CC2c2ccc(SC)c(C(=O)C(C)CCC(CCCC)C(=O)CCC(C)c3cc(C)c(OC)c(C(=O)C(C)CCC(CCCCN)C(=O)CCC(C)c4ccc(OC)c(C(=O)C(C)CC)c4)c3)c2)c1. The average Bonchev–Trinajstić information content (AvgIpc) is 1.68. The Labute approximate surface area is 610 Å². The third kappa shape index (κ3) is 25.5. The Hall–Kier alpha value is -6.33. The quantitative estimate of drug-likeness (QED) is 0.0182. The molecule has 7 N–H and O–H groups in total. The number of anilines is 1. The van der Waals surface area contributed by atoms with Crippen molar-refractivity contribution in [3.8, 4) is 17.2 Å². The van der Waals surface area contributed by atoms with Gasteiger partial charge >= 0.3 is 0 Å². The number of benzene rings is 4. The van der Waals surface area contributed by atoms with Crippen molar-refractivity contribution >= 4 is 63.8 Å². The van der Waals surface area contributed by atoms with E-state index < -0.39 is 12.0 Å². The van der Waals surface area contributed by atoms with Crippen LogP contribution in [0.1, 0.15) is 304 Å². The van der Waals surface area contributed by atoms with E-state index >= 15 is 0 Å². The number of thioether (sulfide) groups is 1. The molecular weight excluding hydrogens is 1290 g/mol. The first-order chi connectivity index (χ1) is 48.3. The van der Waals surface area contributed by atoms with Gasteiger partial charge in [-0.1, -0.05) is 119 Å². The normalized spacial score (nSPS) is 16.5. The summed E-state index contributed by atoms with van der Waals surface area (Å²) >= 11 is 1.55. The highest BCUT2D eigenvalue weighted by atomic mass is 32.2. The maximum Gasteiger partial charge on any atom is 0.241 e. The van der Waals surface area contributed by atoms with E-state index in [2.05, 4.69) is 44.3 Å². The lowest BCUT2D eigenvalue weighted by molar-refractivity contribution is -0.124. The molecule has 1 aliphatic carbocycles. The number of hydrogen-bond donors (Lipinski definition) is 4. The number of unbranched alkanes of at least 4 members (excludes halogenated alkanes) is 4.